The molecule has 0 aromatic rings. The first-order chi connectivity index (χ1) is 5.43. The average molecular weight is 177 g/mol. The van der Waals surface area contributed by atoms with Gasteiger partial charge >= 0.3 is 0 Å². The van der Waals surface area contributed by atoms with Crippen LogP contribution in [-0.4, -0.2) is 43.5 Å². The molecule has 1 saturated heterocycles. The Morgan fingerprint density at radius 3 is 2.55 bits per heavy atom. The van der Waals surface area contributed by atoms with Gasteiger partial charge in [0.05, 0.1) is 0 Å². The Morgan fingerprint density at radius 1 is 1.18 bits per heavy atom. The molecule has 1 fully saturated rings. The number of hydrogen-bond donors (Lipinski definition) is 1. The summed E-state index contributed by atoms with van der Waals surface area (Å²) in [6.45, 7) is 5.81. The topological polar surface area (TPSA) is 15.3 Å². The Hall–Kier alpha value is 0.210. The van der Waals surface area contributed by atoms with Crippen LogP contribution in [0.5, 0.6) is 0 Å². The SMILES string of the molecule is ClCCNCCN1CCCC1. The number of hydrogen-bond acceptors (Lipinski definition) is 2. The van der Waals surface area contributed by atoms with Gasteiger partial charge in [0, 0.05) is 25.5 Å². The third-order valence-electron chi connectivity index (χ3n) is 2.07. The molecule has 0 atom stereocenters. The predicted molar refractivity (Wildman–Crippen MR) is 49.3 cm³/mol. The van der Waals surface area contributed by atoms with Gasteiger partial charge in [-0.05, 0) is 25.9 Å². The summed E-state index contributed by atoms with van der Waals surface area (Å²) in [4.78, 5) is 2.50. The molecule has 0 saturated carbocycles. The number of nitrogens with one attached hydrogen (secondary N) is 1. The molecule has 11 heavy (non-hydrogen) atoms. The summed E-state index contributed by atoms with van der Waals surface area (Å²) in [5, 5.41) is 3.29. The Kier molecular flexibility index (Phi) is 4.91. The van der Waals surface area contributed by atoms with E-state index < -0.39 is 0 Å². The highest BCUT2D eigenvalue weighted by Crippen LogP contribution is 2.05. The van der Waals surface area contributed by atoms with Crippen molar-refractivity contribution in [3.63, 3.8) is 0 Å². The van der Waals surface area contributed by atoms with Gasteiger partial charge in [0.2, 0.25) is 0 Å². The standard InChI is InChI=1S/C8H17ClN2/c9-3-4-10-5-8-11-6-1-2-7-11/h10H,1-8H2. The van der Waals surface area contributed by atoms with Crippen molar-refractivity contribution in [2.75, 3.05) is 38.6 Å². The van der Waals surface area contributed by atoms with Crippen molar-refractivity contribution < 1.29 is 0 Å². The van der Waals surface area contributed by atoms with E-state index in [9.17, 15) is 0 Å². The molecule has 0 spiro atoms. The van der Waals surface area contributed by atoms with Crippen LogP contribution in [0, 0.1) is 0 Å². The molecular formula is C8H17ClN2. The first-order valence-corrected chi connectivity index (χ1v) is 4.96. The normalized spacial score (nSPS) is 19.4. The van der Waals surface area contributed by atoms with Crippen molar-refractivity contribution in [3.8, 4) is 0 Å². The van der Waals surface area contributed by atoms with E-state index in [0.29, 0.717) is 0 Å². The lowest BCUT2D eigenvalue weighted by Crippen LogP contribution is -2.30. The number of alkyl halides is 1. The molecule has 1 aliphatic rings. The minimum Gasteiger partial charge on any atom is -0.314 e. The lowest BCUT2D eigenvalue weighted by Gasteiger charge is -2.13. The monoisotopic (exact) mass is 176 g/mol. The van der Waals surface area contributed by atoms with Crippen molar-refractivity contribution in [2.45, 2.75) is 12.8 Å². The molecule has 1 aliphatic heterocycles. The molecule has 0 amide bonds. The van der Waals surface area contributed by atoms with Gasteiger partial charge in [0.15, 0.2) is 0 Å². The molecule has 3 heteroatoms. The van der Waals surface area contributed by atoms with Gasteiger partial charge in [-0.15, -0.1) is 11.6 Å². The highest BCUT2D eigenvalue weighted by atomic mass is 35.5. The largest absolute Gasteiger partial charge is 0.314 e. The molecule has 1 N–H and O–H groups in total. The van der Waals surface area contributed by atoms with Crippen LogP contribution >= 0.6 is 11.6 Å². The van der Waals surface area contributed by atoms with Gasteiger partial charge in [-0.3, -0.25) is 0 Å². The molecule has 0 bridgehead atoms. The van der Waals surface area contributed by atoms with Crippen LogP contribution in [0.4, 0.5) is 0 Å². The van der Waals surface area contributed by atoms with Crippen molar-refractivity contribution in [2.24, 2.45) is 0 Å². The van der Waals surface area contributed by atoms with Crippen LogP contribution in [0.15, 0.2) is 0 Å². The lowest BCUT2D eigenvalue weighted by atomic mass is 10.4. The molecule has 1 heterocycles. The quantitative estimate of drug-likeness (QED) is 0.495. The molecule has 0 aromatic carbocycles. The molecule has 2 nitrogen and oxygen atoms in total. The second-order valence-electron chi connectivity index (χ2n) is 2.99. The fourth-order valence-corrected chi connectivity index (χ4v) is 1.57. The zero-order chi connectivity index (χ0) is 7.94. The highest BCUT2D eigenvalue weighted by Gasteiger charge is 2.09. The van der Waals surface area contributed by atoms with Crippen LogP contribution < -0.4 is 5.32 Å². The summed E-state index contributed by atoms with van der Waals surface area (Å²) in [6, 6.07) is 0. The van der Waals surface area contributed by atoms with E-state index in [1.165, 1.54) is 32.5 Å². The molecule has 0 unspecified atom stereocenters. The maximum Gasteiger partial charge on any atom is 0.0348 e. The van der Waals surface area contributed by atoms with Gasteiger partial charge in [-0.2, -0.15) is 0 Å². The van der Waals surface area contributed by atoms with Crippen molar-refractivity contribution >= 4 is 11.6 Å². The Labute approximate surface area is 73.9 Å². The number of likely N-dealkylation sites (tertiary alicyclic amines) is 1. The maximum atomic E-state index is 5.52. The van der Waals surface area contributed by atoms with Gasteiger partial charge in [0.25, 0.3) is 0 Å². The predicted octanol–water partition coefficient (Wildman–Crippen LogP) is 0.911. The molecule has 0 aliphatic carbocycles. The summed E-state index contributed by atoms with van der Waals surface area (Å²) < 4.78 is 0. The second kappa shape index (κ2) is 5.81. The molecule has 0 aromatic heterocycles. The van der Waals surface area contributed by atoms with Crippen LogP contribution in [-0.2, 0) is 0 Å². The number of nitrogens with zero attached hydrogens (tertiary/aromatic N) is 1. The average Bonchev–Trinajstić information content (AvgIpc) is 2.50. The summed E-state index contributed by atoms with van der Waals surface area (Å²) in [5.74, 6) is 0.722. The second-order valence-corrected chi connectivity index (χ2v) is 3.37. The van der Waals surface area contributed by atoms with Crippen molar-refractivity contribution in [1.29, 1.82) is 0 Å². The summed E-state index contributed by atoms with van der Waals surface area (Å²) in [7, 11) is 0. The van der Waals surface area contributed by atoms with Gasteiger partial charge in [0.1, 0.15) is 0 Å². The fraction of sp³-hybridized carbons (Fsp3) is 1.00. The van der Waals surface area contributed by atoms with Crippen molar-refractivity contribution in [1.82, 2.24) is 10.2 Å². The summed E-state index contributed by atoms with van der Waals surface area (Å²) in [5.41, 5.74) is 0. The molecule has 0 radical (unpaired) electrons. The summed E-state index contributed by atoms with van der Waals surface area (Å²) in [6.07, 6.45) is 2.77. The zero-order valence-corrected chi connectivity index (χ0v) is 7.74. The van der Waals surface area contributed by atoms with Gasteiger partial charge in [-0.25, -0.2) is 0 Å². The highest BCUT2D eigenvalue weighted by molar-refractivity contribution is 6.18. The molecule has 1 rings (SSSR count). The third-order valence-corrected chi connectivity index (χ3v) is 2.26. The Bertz CT molecular complexity index is 92.1. The van der Waals surface area contributed by atoms with Gasteiger partial charge in [-0.1, -0.05) is 0 Å². The van der Waals surface area contributed by atoms with E-state index in [4.69, 9.17) is 11.6 Å². The van der Waals surface area contributed by atoms with Crippen molar-refractivity contribution in [3.05, 3.63) is 0 Å². The van der Waals surface area contributed by atoms with E-state index in [2.05, 4.69) is 10.2 Å². The minimum absolute atomic E-state index is 0.722. The van der Waals surface area contributed by atoms with E-state index in [1.807, 2.05) is 0 Å². The maximum absolute atomic E-state index is 5.52. The van der Waals surface area contributed by atoms with Crippen LogP contribution in [0.2, 0.25) is 0 Å². The van der Waals surface area contributed by atoms with Crippen LogP contribution in [0.3, 0.4) is 0 Å². The zero-order valence-electron chi connectivity index (χ0n) is 6.98. The Balaban J connectivity index is 1.86. The first kappa shape index (κ1) is 9.30. The van der Waals surface area contributed by atoms with E-state index in [0.717, 1.165) is 19.0 Å². The lowest BCUT2D eigenvalue weighted by molar-refractivity contribution is 0.337. The van der Waals surface area contributed by atoms with Crippen LogP contribution in [0.25, 0.3) is 0 Å². The molecule has 66 valence electrons. The first-order valence-electron chi connectivity index (χ1n) is 4.42. The van der Waals surface area contributed by atoms with Gasteiger partial charge < -0.3 is 10.2 Å². The number of halogens is 1. The molecular weight excluding hydrogens is 160 g/mol. The van der Waals surface area contributed by atoms with E-state index in [1.54, 1.807) is 0 Å². The Morgan fingerprint density at radius 2 is 1.91 bits per heavy atom. The minimum atomic E-state index is 0.722. The van der Waals surface area contributed by atoms with E-state index in [-0.39, 0.29) is 0 Å². The third kappa shape index (κ3) is 3.94. The fourth-order valence-electron chi connectivity index (χ4n) is 1.44. The van der Waals surface area contributed by atoms with Crippen LogP contribution in [0.1, 0.15) is 12.8 Å². The smallest absolute Gasteiger partial charge is 0.0348 e. The van der Waals surface area contributed by atoms with E-state index >= 15 is 0 Å². The summed E-state index contributed by atoms with van der Waals surface area (Å²) >= 11 is 5.52. The number of rotatable bonds is 5.